The van der Waals surface area contributed by atoms with E-state index in [1.54, 1.807) is 0 Å². The molecule has 1 aromatic rings. The first kappa shape index (κ1) is 15.1. The Morgan fingerprint density at radius 3 is 2.61 bits per heavy atom. The summed E-state index contributed by atoms with van der Waals surface area (Å²) in [6, 6.07) is 9.89. The average Bonchev–Trinajstić information content (AvgIpc) is 2.39. The predicted octanol–water partition coefficient (Wildman–Crippen LogP) is 0.878. The SMILES string of the molecule is CCN(CCO)C[C@@H](O)COCc1ccccc1. The molecule has 0 saturated carbocycles. The van der Waals surface area contributed by atoms with Gasteiger partial charge in [-0.3, -0.25) is 4.90 Å². The molecular weight excluding hydrogens is 230 g/mol. The first-order valence-electron chi connectivity index (χ1n) is 6.39. The Labute approximate surface area is 109 Å². The molecular formula is C14H23NO3. The zero-order valence-electron chi connectivity index (χ0n) is 11.0. The molecule has 4 heteroatoms. The molecule has 0 spiro atoms. The zero-order valence-corrected chi connectivity index (χ0v) is 11.0. The predicted molar refractivity (Wildman–Crippen MR) is 71.3 cm³/mol. The Kier molecular flexibility index (Phi) is 7.60. The second-order valence-electron chi connectivity index (χ2n) is 4.27. The highest BCUT2D eigenvalue weighted by Gasteiger charge is 2.09. The normalized spacial score (nSPS) is 12.9. The lowest BCUT2D eigenvalue weighted by Crippen LogP contribution is -2.36. The zero-order chi connectivity index (χ0) is 13.2. The molecule has 0 unspecified atom stereocenters. The fraction of sp³-hybridized carbons (Fsp3) is 0.571. The van der Waals surface area contributed by atoms with Crippen LogP contribution >= 0.6 is 0 Å². The van der Waals surface area contributed by atoms with Gasteiger partial charge in [0.1, 0.15) is 0 Å². The number of hydrogen-bond donors (Lipinski definition) is 2. The topological polar surface area (TPSA) is 52.9 Å². The Balaban J connectivity index is 2.18. The molecule has 0 heterocycles. The molecule has 4 nitrogen and oxygen atoms in total. The van der Waals surface area contributed by atoms with Crippen molar-refractivity contribution in [3.05, 3.63) is 35.9 Å². The van der Waals surface area contributed by atoms with Crippen LogP contribution < -0.4 is 0 Å². The van der Waals surface area contributed by atoms with Gasteiger partial charge >= 0.3 is 0 Å². The Bertz CT molecular complexity index is 305. The maximum absolute atomic E-state index is 9.81. The van der Waals surface area contributed by atoms with E-state index in [0.29, 0.717) is 26.3 Å². The molecule has 0 aliphatic heterocycles. The number of hydrogen-bond acceptors (Lipinski definition) is 4. The molecule has 1 atom stereocenters. The molecule has 0 aromatic heterocycles. The smallest absolute Gasteiger partial charge is 0.0900 e. The third kappa shape index (κ3) is 6.12. The van der Waals surface area contributed by atoms with Gasteiger partial charge in [0.15, 0.2) is 0 Å². The van der Waals surface area contributed by atoms with Crippen molar-refractivity contribution in [2.45, 2.75) is 19.6 Å². The number of likely N-dealkylation sites (N-methyl/N-ethyl adjacent to an activating group) is 1. The van der Waals surface area contributed by atoms with Crippen LogP contribution in [0.3, 0.4) is 0 Å². The summed E-state index contributed by atoms with van der Waals surface area (Å²) in [5, 5.41) is 18.7. The van der Waals surface area contributed by atoms with E-state index in [4.69, 9.17) is 9.84 Å². The summed E-state index contributed by atoms with van der Waals surface area (Å²) in [4.78, 5) is 2.00. The Hall–Kier alpha value is -0.940. The van der Waals surface area contributed by atoms with Crippen molar-refractivity contribution < 1.29 is 14.9 Å². The van der Waals surface area contributed by atoms with Gasteiger partial charge in [-0.15, -0.1) is 0 Å². The summed E-state index contributed by atoms with van der Waals surface area (Å²) < 4.78 is 5.47. The maximum atomic E-state index is 9.81. The Morgan fingerprint density at radius 1 is 1.28 bits per heavy atom. The van der Waals surface area contributed by atoms with E-state index < -0.39 is 6.10 Å². The van der Waals surface area contributed by atoms with Crippen molar-refractivity contribution in [1.82, 2.24) is 4.90 Å². The number of rotatable bonds is 9. The third-order valence-corrected chi connectivity index (χ3v) is 2.75. The van der Waals surface area contributed by atoms with Crippen LogP contribution in [0.4, 0.5) is 0 Å². The van der Waals surface area contributed by atoms with E-state index in [0.717, 1.165) is 12.1 Å². The van der Waals surface area contributed by atoms with E-state index in [9.17, 15) is 5.11 Å². The number of benzene rings is 1. The standard InChI is InChI=1S/C14H23NO3/c1-2-15(8-9-16)10-14(17)12-18-11-13-6-4-3-5-7-13/h3-7,14,16-17H,2,8-12H2,1H3/t14-/m1/s1. The molecule has 1 aromatic carbocycles. The van der Waals surface area contributed by atoms with Gasteiger partial charge in [0.25, 0.3) is 0 Å². The largest absolute Gasteiger partial charge is 0.395 e. The average molecular weight is 253 g/mol. The van der Waals surface area contributed by atoms with E-state index in [1.165, 1.54) is 0 Å². The summed E-state index contributed by atoms with van der Waals surface area (Å²) in [5.74, 6) is 0. The highest BCUT2D eigenvalue weighted by molar-refractivity contribution is 5.13. The van der Waals surface area contributed by atoms with Crippen molar-refractivity contribution >= 4 is 0 Å². The fourth-order valence-electron chi connectivity index (χ4n) is 1.76. The lowest BCUT2D eigenvalue weighted by atomic mass is 10.2. The lowest BCUT2D eigenvalue weighted by molar-refractivity contribution is 0.00854. The number of ether oxygens (including phenoxy) is 1. The van der Waals surface area contributed by atoms with Gasteiger partial charge in [-0.1, -0.05) is 37.3 Å². The van der Waals surface area contributed by atoms with Crippen LogP contribution in [-0.2, 0) is 11.3 Å². The number of nitrogens with zero attached hydrogens (tertiary/aromatic N) is 1. The van der Waals surface area contributed by atoms with E-state index in [2.05, 4.69) is 0 Å². The minimum Gasteiger partial charge on any atom is -0.395 e. The van der Waals surface area contributed by atoms with Crippen molar-refractivity contribution in [2.75, 3.05) is 32.8 Å². The molecule has 0 saturated heterocycles. The second kappa shape index (κ2) is 9.05. The second-order valence-corrected chi connectivity index (χ2v) is 4.27. The number of aliphatic hydroxyl groups is 2. The van der Waals surface area contributed by atoms with Gasteiger partial charge in [0.05, 0.1) is 25.9 Å². The van der Waals surface area contributed by atoms with Gasteiger partial charge in [-0.2, -0.15) is 0 Å². The monoisotopic (exact) mass is 253 g/mol. The minimum absolute atomic E-state index is 0.117. The van der Waals surface area contributed by atoms with Gasteiger partial charge < -0.3 is 14.9 Å². The fourth-order valence-corrected chi connectivity index (χ4v) is 1.76. The molecule has 0 fully saturated rings. The van der Waals surface area contributed by atoms with Gasteiger partial charge in [0.2, 0.25) is 0 Å². The van der Waals surface area contributed by atoms with Crippen LogP contribution in [0, 0.1) is 0 Å². The van der Waals surface area contributed by atoms with Gasteiger partial charge in [0, 0.05) is 13.1 Å². The van der Waals surface area contributed by atoms with Crippen molar-refractivity contribution in [3.8, 4) is 0 Å². The molecule has 0 aliphatic rings. The summed E-state index contributed by atoms with van der Waals surface area (Å²) in [6.07, 6.45) is -0.514. The molecule has 18 heavy (non-hydrogen) atoms. The summed E-state index contributed by atoms with van der Waals surface area (Å²) in [5.41, 5.74) is 1.10. The molecule has 0 aliphatic carbocycles. The van der Waals surface area contributed by atoms with Gasteiger partial charge in [-0.25, -0.2) is 0 Å². The molecule has 2 N–H and O–H groups in total. The van der Waals surface area contributed by atoms with Crippen LogP contribution in [0.2, 0.25) is 0 Å². The highest BCUT2D eigenvalue weighted by atomic mass is 16.5. The van der Waals surface area contributed by atoms with Crippen LogP contribution in [0.1, 0.15) is 12.5 Å². The summed E-state index contributed by atoms with van der Waals surface area (Å²) in [6.45, 7) is 4.90. The van der Waals surface area contributed by atoms with Crippen LogP contribution in [-0.4, -0.2) is 54.1 Å². The van der Waals surface area contributed by atoms with Crippen LogP contribution in [0.5, 0.6) is 0 Å². The van der Waals surface area contributed by atoms with Crippen LogP contribution in [0.25, 0.3) is 0 Å². The maximum Gasteiger partial charge on any atom is 0.0900 e. The highest BCUT2D eigenvalue weighted by Crippen LogP contribution is 2.01. The molecule has 1 rings (SSSR count). The minimum atomic E-state index is -0.514. The lowest BCUT2D eigenvalue weighted by Gasteiger charge is -2.22. The van der Waals surface area contributed by atoms with Crippen molar-refractivity contribution in [2.24, 2.45) is 0 Å². The molecule has 0 bridgehead atoms. The molecule has 0 amide bonds. The van der Waals surface area contributed by atoms with Crippen molar-refractivity contribution in [3.63, 3.8) is 0 Å². The molecule has 102 valence electrons. The summed E-state index contributed by atoms with van der Waals surface area (Å²) in [7, 11) is 0. The summed E-state index contributed by atoms with van der Waals surface area (Å²) >= 11 is 0. The quantitative estimate of drug-likeness (QED) is 0.686. The first-order valence-corrected chi connectivity index (χ1v) is 6.39. The number of aliphatic hydroxyl groups excluding tert-OH is 2. The Morgan fingerprint density at radius 2 is 2.00 bits per heavy atom. The first-order chi connectivity index (χ1) is 8.76. The third-order valence-electron chi connectivity index (χ3n) is 2.75. The van der Waals surface area contributed by atoms with E-state index in [1.807, 2.05) is 42.2 Å². The van der Waals surface area contributed by atoms with Crippen molar-refractivity contribution in [1.29, 1.82) is 0 Å². The molecule has 0 radical (unpaired) electrons. The van der Waals surface area contributed by atoms with Crippen LogP contribution in [0.15, 0.2) is 30.3 Å². The van der Waals surface area contributed by atoms with Gasteiger partial charge in [-0.05, 0) is 12.1 Å². The van der Waals surface area contributed by atoms with E-state index in [-0.39, 0.29) is 6.61 Å². The van der Waals surface area contributed by atoms with E-state index >= 15 is 0 Å².